The van der Waals surface area contributed by atoms with Crippen LogP contribution in [0.1, 0.15) is 32.8 Å². The number of cyclic esters (lactones) is 1. The van der Waals surface area contributed by atoms with E-state index in [0.29, 0.717) is 11.3 Å². The zero-order valence-electron chi connectivity index (χ0n) is 15.7. The van der Waals surface area contributed by atoms with E-state index in [1.807, 2.05) is 0 Å². The number of amides is 1. The second-order valence-corrected chi connectivity index (χ2v) is 8.98. The monoisotopic (exact) mass is 393 g/mol. The minimum atomic E-state index is -1.62. The summed E-state index contributed by atoms with van der Waals surface area (Å²) in [7, 11) is -1.62. The molecule has 0 bridgehead atoms. The Balaban J connectivity index is 2.12. The van der Waals surface area contributed by atoms with Crippen LogP contribution < -0.4 is 4.90 Å². The quantitative estimate of drug-likeness (QED) is 0.739. The first-order valence-electron chi connectivity index (χ1n) is 8.33. The van der Waals surface area contributed by atoms with Crippen molar-refractivity contribution in [3.8, 4) is 11.8 Å². The summed E-state index contributed by atoms with van der Waals surface area (Å²) in [6.07, 6.45) is 0.0425. The highest BCUT2D eigenvalue weighted by molar-refractivity contribution is 7.86. The van der Waals surface area contributed by atoms with E-state index in [-0.39, 0.29) is 13.0 Å². The number of anilines is 1. The van der Waals surface area contributed by atoms with Crippen molar-refractivity contribution >= 4 is 28.5 Å². The molecule has 1 saturated heterocycles. The molecule has 8 heteroatoms. The lowest BCUT2D eigenvalue weighted by Gasteiger charge is -2.24. The highest BCUT2D eigenvalue weighted by Crippen LogP contribution is 2.28. The second kappa shape index (κ2) is 7.71. The molecule has 2 N–H and O–H groups in total. The van der Waals surface area contributed by atoms with Gasteiger partial charge in [0, 0.05) is 34.7 Å². The summed E-state index contributed by atoms with van der Waals surface area (Å²) in [5.74, 6) is 4.36. The maximum atomic E-state index is 12.2. The highest BCUT2D eigenvalue weighted by atomic mass is 32.2. The number of ether oxygens (including phenoxy) is 1. The van der Waals surface area contributed by atoms with Crippen molar-refractivity contribution < 1.29 is 28.7 Å². The fourth-order valence-corrected chi connectivity index (χ4v) is 3.22. The van der Waals surface area contributed by atoms with E-state index < -0.39 is 39.3 Å². The first kappa shape index (κ1) is 20.9. The van der Waals surface area contributed by atoms with Crippen LogP contribution in [0.4, 0.5) is 10.5 Å². The Bertz CT molecular complexity index is 801. The summed E-state index contributed by atoms with van der Waals surface area (Å²) in [4.78, 5) is 25.0. The third-order valence-corrected chi connectivity index (χ3v) is 5.88. The van der Waals surface area contributed by atoms with Crippen molar-refractivity contribution in [1.82, 2.24) is 0 Å². The summed E-state index contributed by atoms with van der Waals surface area (Å²) in [5.41, 5.74) is 0.177. The summed E-state index contributed by atoms with van der Waals surface area (Å²) in [6, 6.07) is 6.84. The lowest BCUT2D eigenvalue weighted by molar-refractivity contribution is -0.140. The average molecular weight is 393 g/mol. The number of carboxylic acid groups (broad SMARTS) is 1. The molecule has 0 spiro atoms. The number of carbonyl (C=O) groups excluding carboxylic acids is 1. The van der Waals surface area contributed by atoms with Gasteiger partial charge in [-0.3, -0.25) is 13.9 Å². The highest BCUT2D eigenvalue weighted by Gasteiger charge is 2.44. The van der Waals surface area contributed by atoms with Gasteiger partial charge in [-0.25, -0.2) is 4.79 Å². The van der Waals surface area contributed by atoms with Crippen molar-refractivity contribution in [2.75, 3.05) is 17.7 Å². The number of aliphatic hydroxyl groups is 1. The fourth-order valence-electron chi connectivity index (χ4n) is 2.55. The van der Waals surface area contributed by atoms with E-state index in [1.165, 1.54) is 18.1 Å². The van der Waals surface area contributed by atoms with Crippen molar-refractivity contribution in [3.63, 3.8) is 0 Å². The Morgan fingerprint density at radius 3 is 2.41 bits per heavy atom. The Labute approximate surface area is 160 Å². The van der Waals surface area contributed by atoms with E-state index in [9.17, 15) is 24.0 Å². The van der Waals surface area contributed by atoms with Gasteiger partial charge < -0.3 is 14.9 Å². The Morgan fingerprint density at radius 1 is 1.33 bits per heavy atom. The molecule has 0 radical (unpaired) electrons. The summed E-state index contributed by atoms with van der Waals surface area (Å²) in [5, 5.41) is 19.0. The molecule has 1 amide bonds. The van der Waals surface area contributed by atoms with Gasteiger partial charge in [0.05, 0.1) is 6.54 Å². The maximum Gasteiger partial charge on any atom is 0.414 e. The smallest absolute Gasteiger partial charge is 0.414 e. The molecular formula is C19H23NO6S. The molecule has 7 nitrogen and oxygen atoms in total. The minimum absolute atomic E-state index is 0.0389. The first-order chi connectivity index (χ1) is 12.4. The fraction of sp³-hybridized carbons (Fsp3) is 0.474. The maximum absolute atomic E-state index is 12.2. The van der Waals surface area contributed by atoms with Gasteiger partial charge in [0.15, 0.2) is 0 Å². The molecule has 1 aliphatic rings. The minimum Gasteiger partial charge on any atom is -0.480 e. The number of rotatable bonds is 5. The van der Waals surface area contributed by atoms with Crippen LogP contribution in [-0.2, 0) is 20.3 Å². The first-order valence-corrected chi connectivity index (χ1v) is 9.89. The van der Waals surface area contributed by atoms with Gasteiger partial charge in [-0.1, -0.05) is 11.8 Å². The predicted octanol–water partition coefficient (Wildman–Crippen LogP) is 1.75. The number of carbonyl (C=O) groups is 2. The second-order valence-electron chi connectivity index (χ2n) is 7.17. The third-order valence-electron chi connectivity index (χ3n) is 4.27. The van der Waals surface area contributed by atoms with Gasteiger partial charge in [0.2, 0.25) is 0 Å². The van der Waals surface area contributed by atoms with Crippen molar-refractivity contribution in [2.24, 2.45) is 0 Å². The molecule has 1 heterocycles. The molecule has 0 saturated carbocycles. The summed E-state index contributed by atoms with van der Waals surface area (Å²) in [6.45, 7) is 4.73. The summed E-state index contributed by atoms with van der Waals surface area (Å²) < 4.78 is 15.6. The molecule has 1 aliphatic heterocycles. The largest absolute Gasteiger partial charge is 0.480 e. The predicted molar refractivity (Wildman–Crippen MR) is 102 cm³/mol. The van der Waals surface area contributed by atoms with Crippen LogP contribution in [0.15, 0.2) is 24.3 Å². The molecule has 1 aromatic rings. The number of aliphatic carboxylic acids is 1. The van der Waals surface area contributed by atoms with Crippen LogP contribution in [0.5, 0.6) is 0 Å². The van der Waals surface area contributed by atoms with Gasteiger partial charge in [-0.2, -0.15) is 0 Å². The van der Waals surface area contributed by atoms with E-state index in [0.717, 1.165) is 0 Å². The van der Waals surface area contributed by atoms with Crippen LogP contribution in [0.25, 0.3) is 0 Å². The Kier molecular flexibility index (Phi) is 5.97. The summed E-state index contributed by atoms with van der Waals surface area (Å²) >= 11 is 0. The zero-order valence-corrected chi connectivity index (χ0v) is 16.5. The standard InChI is InChI=1S/C19H23NO6S/c1-18(2,24)10-9-13-5-7-14(8-6-13)20-12-15(26-17(20)23)11-19(3,16(21)22)27(4)25/h5-8,15,24H,11-12H2,1-4H3,(H,21,22)/t15-,19?,27?/m0/s1. The molecule has 1 aromatic carbocycles. The lowest BCUT2D eigenvalue weighted by atomic mass is 10.0. The van der Waals surface area contributed by atoms with E-state index in [4.69, 9.17) is 4.74 Å². The Hall–Kier alpha value is -2.37. The van der Waals surface area contributed by atoms with Crippen molar-refractivity contribution in [3.05, 3.63) is 29.8 Å². The third kappa shape index (κ3) is 5.08. The normalized spacial score (nSPS) is 20.3. The van der Waals surface area contributed by atoms with Gasteiger partial charge in [-0.05, 0) is 45.0 Å². The molecule has 0 aliphatic carbocycles. The van der Waals surface area contributed by atoms with Crippen LogP contribution in [-0.4, -0.2) is 55.7 Å². The van der Waals surface area contributed by atoms with Gasteiger partial charge in [-0.15, -0.1) is 0 Å². The topological polar surface area (TPSA) is 104 Å². The van der Waals surface area contributed by atoms with E-state index >= 15 is 0 Å². The SMILES string of the molecule is CS(=O)C(C)(C[C@H]1CN(c2ccc(C#CC(C)(C)O)cc2)C(=O)O1)C(=O)O. The number of carboxylic acids is 1. The molecule has 146 valence electrons. The molecule has 2 unspecified atom stereocenters. The van der Waals surface area contributed by atoms with Crippen molar-refractivity contribution in [2.45, 2.75) is 43.6 Å². The average Bonchev–Trinajstić information content (AvgIpc) is 2.92. The van der Waals surface area contributed by atoms with Gasteiger partial charge >= 0.3 is 12.1 Å². The lowest BCUT2D eigenvalue weighted by Crippen LogP contribution is -2.43. The molecule has 0 aromatic heterocycles. The van der Waals surface area contributed by atoms with Gasteiger partial charge in [0.1, 0.15) is 16.5 Å². The number of benzene rings is 1. The van der Waals surface area contributed by atoms with Crippen LogP contribution in [0.3, 0.4) is 0 Å². The molecule has 1 fully saturated rings. The van der Waals surface area contributed by atoms with E-state index in [1.54, 1.807) is 38.1 Å². The molecule has 2 rings (SSSR count). The van der Waals surface area contributed by atoms with Crippen molar-refractivity contribution in [1.29, 1.82) is 0 Å². The molecular weight excluding hydrogens is 370 g/mol. The Morgan fingerprint density at radius 2 is 1.93 bits per heavy atom. The van der Waals surface area contributed by atoms with E-state index in [2.05, 4.69) is 11.8 Å². The zero-order chi connectivity index (χ0) is 20.4. The molecule has 27 heavy (non-hydrogen) atoms. The molecule has 3 atom stereocenters. The number of hydrogen-bond acceptors (Lipinski definition) is 5. The van der Waals surface area contributed by atoms with Gasteiger partial charge in [0.25, 0.3) is 0 Å². The van der Waals surface area contributed by atoms with Crippen LogP contribution in [0.2, 0.25) is 0 Å². The van der Waals surface area contributed by atoms with Crippen LogP contribution >= 0.6 is 0 Å². The number of hydrogen-bond donors (Lipinski definition) is 2. The number of nitrogens with zero attached hydrogens (tertiary/aromatic N) is 1. The van der Waals surface area contributed by atoms with Crippen LogP contribution in [0, 0.1) is 11.8 Å².